The molecule has 2 nitrogen and oxygen atoms in total. The molecular weight excluding hydrogens is 360 g/mol. The summed E-state index contributed by atoms with van der Waals surface area (Å²) in [6.07, 6.45) is 0.971. The summed E-state index contributed by atoms with van der Waals surface area (Å²) in [6.45, 7) is 3.11. The molecule has 112 valence electrons. The number of halogens is 2. The molecule has 0 bridgehead atoms. The molecule has 0 saturated heterocycles. The summed E-state index contributed by atoms with van der Waals surface area (Å²) in [5.41, 5.74) is 6.13. The van der Waals surface area contributed by atoms with Crippen molar-refractivity contribution in [1.29, 1.82) is 0 Å². The average Bonchev–Trinajstić information content (AvgIpc) is 3.03. The van der Waals surface area contributed by atoms with Crippen LogP contribution in [0.4, 0.5) is 0 Å². The third-order valence-electron chi connectivity index (χ3n) is 4.11. The van der Waals surface area contributed by atoms with Crippen LogP contribution >= 0.6 is 28.6 Å². The van der Waals surface area contributed by atoms with Gasteiger partial charge in [-0.2, -0.15) is 0 Å². The highest BCUT2D eigenvalue weighted by atomic mass is 79.9. The monoisotopic (exact) mass is 374 g/mol. The van der Waals surface area contributed by atoms with E-state index in [4.69, 9.17) is 16.6 Å². The summed E-state index contributed by atoms with van der Waals surface area (Å²) in [4.78, 5) is 4.92. The summed E-state index contributed by atoms with van der Waals surface area (Å²) >= 11 is 5.99. The van der Waals surface area contributed by atoms with Crippen LogP contribution in [0.1, 0.15) is 18.2 Å². The van der Waals surface area contributed by atoms with Gasteiger partial charge in [0.25, 0.3) is 0 Å². The zero-order valence-electron chi connectivity index (χ0n) is 12.2. The number of imidazole rings is 1. The second-order valence-corrected chi connectivity index (χ2v) is 5.77. The molecule has 0 saturated carbocycles. The van der Waals surface area contributed by atoms with Crippen LogP contribution in [0.2, 0.25) is 5.02 Å². The molecule has 0 unspecified atom stereocenters. The fourth-order valence-electron chi connectivity index (χ4n) is 3.11. The summed E-state index contributed by atoms with van der Waals surface area (Å²) in [6, 6.07) is 16.5. The van der Waals surface area contributed by atoms with E-state index in [9.17, 15) is 0 Å². The van der Waals surface area contributed by atoms with Crippen molar-refractivity contribution in [2.45, 2.75) is 19.9 Å². The molecule has 0 radical (unpaired) electrons. The van der Waals surface area contributed by atoms with Gasteiger partial charge in [0.1, 0.15) is 5.82 Å². The topological polar surface area (TPSA) is 17.8 Å². The van der Waals surface area contributed by atoms with Crippen molar-refractivity contribution in [1.82, 2.24) is 9.55 Å². The Morgan fingerprint density at radius 2 is 1.82 bits per heavy atom. The van der Waals surface area contributed by atoms with Crippen LogP contribution in [0.3, 0.4) is 0 Å². The standard InChI is InChI=1S/C18H15ClN2.BrH/c1-2-16-17(12-7-9-14(19)10-8-12)20-18-15-6-4-3-5-13(15)11-21(16)18;/h3-10H,2,11H2,1H3;1H. The minimum atomic E-state index is 0. The Labute approximate surface area is 145 Å². The van der Waals surface area contributed by atoms with E-state index in [1.54, 1.807) is 0 Å². The van der Waals surface area contributed by atoms with Crippen molar-refractivity contribution >= 4 is 28.6 Å². The number of hydrogen-bond donors (Lipinski definition) is 0. The number of nitrogens with zero attached hydrogens (tertiary/aromatic N) is 2. The molecule has 0 atom stereocenters. The van der Waals surface area contributed by atoms with Gasteiger partial charge in [0.2, 0.25) is 0 Å². The fourth-order valence-corrected chi connectivity index (χ4v) is 3.23. The number of fused-ring (bicyclic) bond motifs is 3. The molecule has 22 heavy (non-hydrogen) atoms. The molecule has 1 aromatic heterocycles. The van der Waals surface area contributed by atoms with Crippen LogP contribution in [0, 0.1) is 0 Å². The first-order valence-corrected chi connectivity index (χ1v) is 7.59. The van der Waals surface area contributed by atoms with E-state index in [2.05, 4.69) is 35.8 Å². The maximum atomic E-state index is 5.99. The van der Waals surface area contributed by atoms with Gasteiger partial charge < -0.3 is 4.57 Å². The van der Waals surface area contributed by atoms with Gasteiger partial charge in [-0.25, -0.2) is 4.98 Å². The highest BCUT2D eigenvalue weighted by molar-refractivity contribution is 8.93. The third kappa shape index (κ3) is 2.29. The average molecular weight is 376 g/mol. The van der Waals surface area contributed by atoms with Gasteiger partial charge in [-0.1, -0.05) is 54.9 Å². The zero-order valence-corrected chi connectivity index (χ0v) is 14.7. The predicted molar refractivity (Wildman–Crippen MR) is 96.9 cm³/mol. The molecular formula is C18H16BrClN2. The van der Waals surface area contributed by atoms with E-state index >= 15 is 0 Å². The van der Waals surface area contributed by atoms with E-state index in [0.29, 0.717) is 0 Å². The number of rotatable bonds is 2. The molecule has 0 fully saturated rings. The predicted octanol–water partition coefficient (Wildman–Crippen LogP) is 5.37. The molecule has 0 spiro atoms. The summed E-state index contributed by atoms with van der Waals surface area (Å²) < 4.78 is 2.34. The van der Waals surface area contributed by atoms with Crippen LogP contribution in [0.15, 0.2) is 48.5 Å². The Morgan fingerprint density at radius 1 is 1.09 bits per heavy atom. The van der Waals surface area contributed by atoms with Crippen molar-refractivity contribution in [3.05, 3.63) is 64.8 Å². The Morgan fingerprint density at radius 3 is 2.55 bits per heavy atom. The Bertz CT molecular complexity index is 822. The van der Waals surface area contributed by atoms with Crippen LogP contribution in [0.25, 0.3) is 22.6 Å². The first-order chi connectivity index (χ1) is 10.3. The zero-order chi connectivity index (χ0) is 14.4. The second-order valence-electron chi connectivity index (χ2n) is 5.33. The minimum Gasteiger partial charge on any atom is -0.323 e. The van der Waals surface area contributed by atoms with Crippen molar-refractivity contribution in [2.24, 2.45) is 0 Å². The quantitative estimate of drug-likeness (QED) is 0.460. The smallest absolute Gasteiger partial charge is 0.141 e. The lowest BCUT2D eigenvalue weighted by Gasteiger charge is -2.06. The summed E-state index contributed by atoms with van der Waals surface area (Å²) in [5.74, 6) is 1.09. The lowest BCUT2D eigenvalue weighted by Crippen LogP contribution is -1.99. The molecule has 0 aliphatic carbocycles. The lowest BCUT2D eigenvalue weighted by atomic mass is 10.1. The highest BCUT2D eigenvalue weighted by Crippen LogP contribution is 2.36. The fraction of sp³-hybridized carbons (Fsp3) is 0.167. The lowest BCUT2D eigenvalue weighted by molar-refractivity contribution is 0.786. The Hall–Kier alpha value is -1.58. The van der Waals surface area contributed by atoms with Gasteiger partial charge in [-0.3, -0.25) is 0 Å². The molecule has 2 heterocycles. The normalized spacial score (nSPS) is 11.7. The van der Waals surface area contributed by atoms with Gasteiger partial charge in [0.15, 0.2) is 0 Å². The van der Waals surface area contributed by atoms with Crippen molar-refractivity contribution in [3.8, 4) is 22.6 Å². The highest BCUT2D eigenvalue weighted by Gasteiger charge is 2.25. The van der Waals surface area contributed by atoms with Crippen LogP contribution < -0.4 is 0 Å². The van der Waals surface area contributed by atoms with E-state index in [1.807, 2.05) is 24.3 Å². The van der Waals surface area contributed by atoms with Gasteiger partial charge >= 0.3 is 0 Å². The molecule has 1 aliphatic heterocycles. The molecule has 0 amide bonds. The molecule has 2 aromatic carbocycles. The molecule has 1 aliphatic rings. The summed E-state index contributed by atoms with van der Waals surface area (Å²) in [7, 11) is 0. The largest absolute Gasteiger partial charge is 0.323 e. The second kappa shape index (κ2) is 5.90. The van der Waals surface area contributed by atoms with Crippen LogP contribution in [-0.2, 0) is 13.0 Å². The maximum absolute atomic E-state index is 5.99. The maximum Gasteiger partial charge on any atom is 0.141 e. The Balaban J connectivity index is 0.00000144. The van der Waals surface area contributed by atoms with Gasteiger partial charge in [0.05, 0.1) is 12.2 Å². The molecule has 4 rings (SSSR count). The minimum absolute atomic E-state index is 0. The first-order valence-electron chi connectivity index (χ1n) is 7.21. The van der Waals surface area contributed by atoms with Crippen molar-refractivity contribution < 1.29 is 0 Å². The number of benzene rings is 2. The summed E-state index contributed by atoms with van der Waals surface area (Å²) in [5, 5.41) is 0.758. The van der Waals surface area contributed by atoms with Crippen molar-refractivity contribution in [2.75, 3.05) is 0 Å². The van der Waals surface area contributed by atoms with E-state index < -0.39 is 0 Å². The van der Waals surface area contributed by atoms with E-state index in [-0.39, 0.29) is 17.0 Å². The molecule has 0 N–H and O–H groups in total. The van der Waals surface area contributed by atoms with Crippen LogP contribution in [0.5, 0.6) is 0 Å². The van der Waals surface area contributed by atoms with Crippen LogP contribution in [-0.4, -0.2) is 9.55 Å². The van der Waals surface area contributed by atoms with E-state index in [1.165, 1.54) is 16.8 Å². The van der Waals surface area contributed by atoms with Crippen molar-refractivity contribution in [3.63, 3.8) is 0 Å². The third-order valence-corrected chi connectivity index (χ3v) is 4.36. The van der Waals surface area contributed by atoms with Gasteiger partial charge in [-0.15, -0.1) is 17.0 Å². The molecule has 3 aromatic rings. The first kappa shape index (κ1) is 15.3. The number of hydrogen-bond acceptors (Lipinski definition) is 1. The Kier molecular flexibility index (Phi) is 4.11. The van der Waals surface area contributed by atoms with Gasteiger partial charge in [-0.05, 0) is 24.1 Å². The van der Waals surface area contributed by atoms with E-state index in [0.717, 1.165) is 35.1 Å². The SMILES string of the molecule is Br.CCc1c(-c2ccc(Cl)cc2)nc2n1Cc1ccccc1-2. The molecule has 4 heteroatoms. The van der Waals surface area contributed by atoms with Gasteiger partial charge in [0, 0.05) is 21.8 Å². The number of aromatic nitrogens is 2.